The molecule has 0 aromatic heterocycles. The molecule has 0 bridgehead atoms. The second-order valence-corrected chi connectivity index (χ2v) is 5.23. The molecular weight excluding hydrogens is 222 g/mol. The van der Waals surface area contributed by atoms with Gasteiger partial charge in [0, 0.05) is 16.1 Å². The van der Waals surface area contributed by atoms with Crippen LogP contribution < -0.4 is 10.5 Å². The first-order chi connectivity index (χ1) is 7.47. The lowest BCUT2D eigenvalue weighted by Crippen LogP contribution is -2.25. The minimum absolute atomic E-state index is 0.0172. The van der Waals surface area contributed by atoms with E-state index in [0.29, 0.717) is 0 Å². The molecule has 1 saturated carbocycles. The van der Waals surface area contributed by atoms with Crippen LogP contribution >= 0.6 is 11.6 Å². The molecule has 88 valence electrons. The number of methoxy groups -OCH3 is 1. The molecule has 0 amide bonds. The van der Waals surface area contributed by atoms with E-state index >= 15 is 0 Å². The van der Waals surface area contributed by atoms with Gasteiger partial charge in [0.1, 0.15) is 5.75 Å². The van der Waals surface area contributed by atoms with Gasteiger partial charge in [-0.05, 0) is 50.3 Å². The second-order valence-electron chi connectivity index (χ2n) is 4.85. The largest absolute Gasteiger partial charge is 0.496 e. The van der Waals surface area contributed by atoms with Crippen LogP contribution in [0.3, 0.4) is 0 Å². The lowest BCUT2D eigenvalue weighted by Gasteiger charge is -2.17. The Labute approximate surface area is 102 Å². The molecule has 0 heterocycles. The minimum atomic E-state index is -0.0172. The number of benzene rings is 1. The van der Waals surface area contributed by atoms with E-state index in [-0.39, 0.29) is 5.54 Å². The van der Waals surface area contributed by atoms with E-state index in [4.69, 9.17) is 22.1 Å². The van der Waals surface area contributed by atoms with Crippen molar-refractivity contribution in [3.8, 4) is 5.75 Å². The second kappa shape index (κ2) is 3.94. The van der Waals surface area contributed by atoms with Crippen LogP contribution in [0, 0.1) is 13.8 Å². The van der Waals surface area contributed by atoms with Gasteiger partial charge in [0.2, 0.25) is 0 Å². The molecule has 1 aromatic rings. The highest BCUT2D eigenvalue weighted by Crippen LogP contribution is 2.40. The number of halogens is 1. The van der Waals surface area contributed by atoms with Crippen molar-refractivity contribution in [2.45, 2.75) is 38.6 Å². The average Bonchev–Trinajstić information content (AvgIpc) is 2.97. The SMILES string of the molecule is COc1cc(C)c(Cl)c(C)c1CC1(N)CC1. The third-order valence-corrected chi connectivity index (χ3v) is 4.00. The Bertz CT molecular complexity index is 424. The van der Waals surface area contributed by atoms with Crippen LogP contribution in [0.15, 0.2) is 6.07 Å². The van der Waals surface area contributed by atoms with Crippen LogP contribution in [0.1, 0.15) is 29.5 Å². The zero-order valence-corrected chi connectivity index (χ0v) is 10.8. The van der Waals surface area contributed by atoms with Crippen molar-refractivity contribution in [3.05, 3.63) is 27.8 Å². The summed E-state index contributed by atoms with van der Waals surface area (Å²) in [6.07, 6.45) is 3.06. The van der Waals surface area contributed by atoms with Gasteiger partial charge in [0.05, 0.1) is 7.11 Å². The highest BCUT2D eigenvalue weighted by atomic mass is 35.5. The Morgan fingerprint density at radius 3 is 2.56 bits per heavy atom. The van der Waals surface area contributed by atoms with E-state index in [2.05, 4.69) is 0 Å². The molecule has 1 fully saturated rings. The van der Waals surface area contributed by atoms with Crippen molar-refractivity contribution in [3.63, 3.8) is 0 Å². The maximum absolute atomic E-state index is 6.26. The number of hydrogen-bond acceptors (Lipinski definition) is 2. The van der Waals surface area contributed by atoms with E-state index in [0.717, 1.165) is 46.7 Å². The van der Waals surface area contributed by atoms with Crippen molar-refractivity contribution in [1.82, 2.24) is 0 Å². The van der Waals surface area contributed by atoms with E-state index in [9.17, 15) is 0 Å². The zero-order chi connectivity index (χ0) is 11.9. The van der Waals surface area contributed by atoms with E-state index in [1.807, 2.05) is 19.9 Å². The fourth-order valence-corrected chi connectivity index (χ4v) is 2.22. The van der Waals surface area contributed by atoms with E-state index < -0.39 is 0 Å². The normalized spacial score (nSPS) is 17.3. The lowest BCUT2D eigenvalue weighted by molar-refractivity contribution is 0.406. The van der Waals surface area contributed by atoms with Crippen LogP contribution in [0.2, 0.25) is 5.02 Å². The highest BCUT2D eigenvalue weighted by molar-refractivity contribution is 6.32. The number of rotatable bonds is 3. The van der Waals surface area contributed by atoms with Gasteiger partial charge in [-0.2, -0.15) is 0 Å². The lowest BCUT2D eigenvalue weighted by atomic mass is 9.97. The molecule has 0 atom stereocenters. The van der Waals surface area contributed by atoms with Gasteiger partial charge < -0.3 is 10.5 Å². The van der Waals surface area contributed by atoms with Gasteiger partial charge in [0.25, 0.3) is 0 Å². The Kier molecular flexibility index (Phi) is 2.89. The number of hydrogen-bond donors (Lipinski definition) is 1. The van der Waals surface area contributed by atoms with Gasteiger partial charge >= 0.3 is 0 Å². The summed E-state index contributed by atoms with van der Waals surface area (Å²) >= 11 is 6.26. The predicted molar refractivity (Wildman–Crippen MR) is 67.3 cm³/mol. The van der Waals surface area contributed by atoms with Gasteiger partial charge in [-0.15, -0.1) is 0 Å². The summed E-state index contributed by atoms with van der Waals surface area (Å²) < 4.78 is 5.42. The number of nitrogens with two attached hydrogens (primary N) is 1. The first-order valence-corrected chi connectivity index (χ1v) is 5.96. The van der Waals surface area contributed by atoms with Gasteiger partial charge in [-0.1, -0.05) is 11.6 Å². The maximum Gasteiger partial charge on any atom is 0.122 e. The molecule has 0 radical (unpaired) electrons. The van der Waals surface area contributed by atoms with Gasteiger partial charge in [-0.25, -0.2) is 0 Å². The average molecular weight is 240 g/mol. The van der Waals surface area contributed by atoms with Crippen LogP contribution in [0.5, 0.6) is 5.75 Å². The van der Waals surface area contributed by atoms with E-state index in [1.54, 1.807) is 7.11 Å². The molecule has 2 rings (SSSR count). The van der Waals surface area contributed by atoms with Crippen molar-refractivity contribution in [1.29, 1.82) is 0 Å². The zero-order valence-electron chi connectivity index (χ0n) is 10.1. The topological polar surface area (TPSA) is 35.2 Å². The molecule has 3 heteroatoms. The van der Waals surface area contributed by atoms with Crippen molar-refractivity contribution < 1.29 is 4.74 Å². The summed E-state index contributed by atoms with van der Waals surface area (Å²) in [6.45, 7) is 4.04. The fraction of sp³-hybridized carbons (Fsp3) is 0.538. The molecule has 1 aliphatic carbocycles. The summed E-state index contributed by atoms with van der Waals surface area (Å²) in [4.78, 5) is 0. The van der Waals surface area contributed by atoms with E-state index in [1.165, 1.54) is 0 Å². The molecule has 0 saturated heterocycles. The third kappa shape index (κ3) is 2.04. The smallest absolute Gasteiger partial charge is 0.122 e. The molecule has 1 aromatic carbocycles. The molecular formula is C13H18ClNO. The third-order valence-electron chi connectivity index (χ3n) is 3.41. The molecule has 2 N–H and O–H groups in total. The molecule has 0 unspecified atom stereocenters. The van der Waals surface area contributed by atoms with Crippen LogP contribution in [0.4, 0.5) is 0 Å². The first-order valence-electron chi connectivity index (χ1n) is 5.58. The minimum Gasteiger partial charge on any atom is -0.496 e. The molecule has 16 heavy (non-hydrogen) atoms. The summed E-state index contributed by atoms with van der Waals surface area (Å²) in [7, 11) is 1.70. The molecule has 0 spiro atoms. The monoisotopic (exact) mass is 239 g/mol. The van der Waals surface area contributed by atoms with Crippen LogP contribution in [-0.2, 0) is 6.42 Å². The predicted octanol–water partition coefficient (Wildman–Crippen LogP) is 3.00. The Hall–Kier alpha value is -0.730. The summed E-state index contributed by atoms with van der Waals surface area (Å²) in [5.74, 6) is 0.913. The standard InChI is InChI=1S/C13H18ClNO/c1-8-6-11(16-3)10(9(2)12(8)14)7-13(15)4-5-13/h6H,4-5,7,15H2,1-3H3. The van der Waals surface area contributed by atoms with Crippen LogP contribution in [0.25, 0.3) is 0 Å². The summed E-state index contributed by atoms with van der Waals surface area (Å²) in [5.41, 5.74) is 9.47. The first kappa shape index (κ1) is 11.7. The highest BCUT2D eigenvalue weighted by Gasteiger charge is 2.39. The number of aryl methyl sites for hydroxylation is 1. The molecule has 2 nitrogen and oxygen atoms in total. The van der Waals surface area contributed by atoms with Crippen LogP contribution in [-0.4, -0.2) is 12.6 Å². The Morgan fingerprint density at radius 2 is 2.06 bits per heavy atom. The summed E-state index contributed by atoms with van der Waals surface area (Å²) in [6, 6.07) is 2.00. The van der Waals surface area contributed by atoms with Crippen molar-refractivity contribution >= 4 is 11.6 Å². The summed E-state index contributed by atoms with van der Waals surface area (Å²) in [5, 5.41) is 0.833. The van der Waals surface area contributed by atoms with Crippen molar-refractivity contribution in [2.24, 2.45) is 5.73 Å². The number of ether oxygens (including phenoxy) is 1. The molecule has 1 aliphatic rings. The Balaban J connectivity index is 2.44. The molecule has 0 aliphatic heterocycles. The van der Waals surface area contributed by atoms with Gasteiger partial charge in [-0.3, -0.25) is 0 Å². The maximum atomic E-state index is 6.26. The fourth-order valence-electron chi connectivity index (χ4n) is 2.05. The van der Waals surface area contributed by atoms with Crippen molar-refractivity contribution in [2.75, 3.05) is 7.11 Å². The quantitative estimate of drug-likeness (QED) is 0.880. The van der Waals surface area contributed by atoms with Gasteiger partial charge in [0.15, 0.2) is 0 Å². The Morgan fingerprint density at radius 1 is 1.44 bits per heavy atom.